The summed E-state index contributed by atoms with van der Waals surface area (Å²) in [5.41, 5.74) is 1.01. The van der Waals surface area contributed by atoms with Crippen molar-refractivity contribution >= 4 is 27.5 Å². The highest BCUT2D eigenvalue weighted by Crippen LogP contribution is 2.41. The van der Waals surface area contributed by atoms with Gasteiger partial charge in [-0.05, 0) is 67.5 Å². The molecular formula is C22H23ClF2N2O3S. The molecule has 0 bridgehead atoms. The van der Waals surface area contributed by atoms with Crippen molar-refractivity contribution in [3.63, 3.8) is 0 Å². The zero-order valence-electron chi connectivity index (χ0n) is 16.7. The lowest BCUT2D eigenvalue weighted by Crippen LogP contribution is -2.44. The van der Waals surface area contributed by atoms with Crippen LogP contribution in [0.3, 0.4) is 0 Å². The van der Waals surface area contributed by atoms with Crippen molar-refractivity contribution in [1.29, 1.82) is 0 Å². The molecule has 2 aromatic rings. The molecule has 1 heterocycles. The Morgan fingerprint density at radius 2 is 1.65 bits per heavy atom. The molecule has 1 amide bonds. The maximum atomic E-state index is 13.5. The second-order valence-electron chi connectivity index (χ2n) is 8.13. The molecule has 0 unspecified atom stereocenters. The molecule has 2 aromatic carbocycles. The predicted molar refractivity (Wildman–Crippen MR) is 113 cm³/mol. The van der Waals surface area contributed by atoms with Gasteiger partial charge in [0.15, 0.2) is 11.6 Å². The van der Waals surface area contributed by atoms with Crippen LogP contribution in [0.2, 0.25) is 5.02 Å². The molecule has 1 aliphatic carbocycles. The van der Waals surface area contributed by atoms with Gasteiger partial charge in [-0.1, -0.05) is 23.7 Å². The Hall–Kier alpha value is -2.03. The zero-order valence-corrected chi connectivity index (χ0v) is 18.3. The lowest BCUT2D eigenvalue weighted by atomic mass is 9.95. The van der Waals surface area contributed by atoms with Gasteiger partial charge in [0.05, 0.1) is 10.9 Å². The van der Waals surface area contributed by atoms with Crippen LogP contribution in [-0.4, -0.2) is 31.7 Å². The van der Waals surface area contributed by atoms with Crippen LogP contribution in [0.4, 0.5) is 8.78 Å². The fourth-order valence-corrected chi connectivity index (χ4v) is 5.60. The van der Waals surface area contributed by atoms with Crippen LogP contribution in [0, 0.1) is 23.5 Å². The third kappa shape index (κ3) is 4.91. The van der Waals surface area contributed by atoms with Gasteiger partial charge < -0.3 is 5.32 Å². The first-order valence-electron chi connectivity index (χ1n) is 10.3. The number of nitrogens with zero attached hydrogens (tertiary/aromatic N) is 1. The molecule has 0 aromatic heterocycles. The van der Waals surface area contributed by atoms with Crippen molar-refractivity contribution in [2.24, 2.45) is 11.8 Å². The number of piperidine rings is 1. The number of sulfonamides is 1. The van der Waals surface area contributed by atoms with E-state index >= 15 is 0 Å². The van der Waals surface area contributed by atoms with Crippen molar-refractivity contribution < 1.29 is 22.0 Å². The van der Waals surface area contributed by atoms with Crippen LogP contribution in [-0.2, 0) is 14.8 Å². The highest BCUT2D eigenvalue weighted by atomic mass is 35.5. The maximum Gasteiger partial charge on any atom is 0.243 e. The number of amides is 1. The van der Waals surface area contributed by atoms with E-state index < -0.39 is 21.7 Å². The van der Waals surface area contributed by atoms with E-state index in [1.165, 1.54) is 4.31 Å². The minimum atomic E-state index is -3.94. The van der Waals surface area contributed by atoms with Gasteiger partial charge in [0.25, 0.3) is 0 Å². The molecule has 5 nitrogen and oxygen atoms in total. The second-order valence-corrected chi connectivity index (χ2v) is 10.5. The van der Waals surface area contributed by atoms with E-state index in [9.17, 15) is 22.0 Å². The smallest absolute Gasteiger partial charge is 0.243 e. The summed E-state index contributed by atoms with van der Waals surface area (Å²) in [7, 11) is -3.94. The number of halogens is 3. The van der Waals surface area contributed by atoms with Crippen molar-refractivity contribution in [3.8, 4) is 0 Å². The van der Waals surface area contributed by atoms with Crippen LogP contribution < -0.4 is 5.32 Å². The van der Waals surface area contributed by atoms with Gasteiger partial charge in [0.2, 0.25) is 15.9 Å². The Kier molecular flexibility index (Phi) is 6.32. The minimum absolute atomic E-state index is 0.0753. The van der Waals surface area contributed by atoms with Gasteiger partial charge in [0.1, 0.15) is 0 Å². The summed E-state index contributed by atoms with van der Waals surface area (Å²) < 4.78 is 53.3. The van der Waals surface area contributed by atoms with Crippen LogP contribution in [0.15, 0.2) is 47.4 Å². The summed E-state index contributed by atoms with van der Waals surface area (Å²) in [5.74, 6) is -2.29. The molecule has 166 valence electrons. The molecule has 1 atom stereocenters. The van der Waals surface area contributed by atoms with E-state index in [4.69, 9.17) is 11.6 Å². The van der Waals surface area contributed by atoms with E-state index in [-0.39, 0.29) is 35.9 Å². The molecular weight excluding hydrogens is 446 g/mol. The average molecular weight is 469 g/mol. The molecule has 4 rings (SSSR count). The topological polar surface area (TPSA) is 66.5 Å². The fourth-order valence-electron chi connectivity index (χ4n) is 3.99. The Bertz CT molecular complexity index is 1070. The number of nitrogens with one attached hydrogen (secondary N) is 1. The SMILES string of the molecule is O=C(N[C@H](c1ccc(Cl)cc1)C1CC1)C1CCN(S(=O)(=O)c2ccc(F)c(F)c2)CC1. The molecule has 1 saturated carbocycles. The van der Waals surface area contributed by atoms with Crippen LogP contribution in [0.1, 0.15) is 37.3 Å². The third-order valence-corrected chi connectivity index (χ3v) is 8.12. The van der Waals surface area contributed by atoms with Gasteiger partial charge in [-0.3, -0.25) is 4.79 Å². The molecule has 0 spiro atoms. The van der Waals surface area contributed by atoms with Crippen molar-refractivity contribution in [1.82, 2.24) is 9.62 Å². The summed E-state index contributed by atoms with van der Waals surface area (Å²) in [4.78, 5) is 12.6. The van der Waals surface area contributed by atoms with Gasteiger partial charge in [0, 0.05) is 24.0 Å². The van der Waals surface area contributed by atoms with E-state index in [0.29, 0.717) is 29.8 Å². The van der Waals surface area contributed by atoms with E-state index in [2.05, 4.69) is 5.32 Å². The summed E-state index contributed by atoms with van der Waals surface area (Å²) in [6, 6.07) is 9.92. The highest BCUT2D eigenvalue weighted by molar-refractivity contribution is 7.89. The van der Waals surface area contributed by atoms with Crippen LogP contribution in [0.25, 0.3) is 0 Å². The second kappa shape index (κ2) is 8.84. The number of rotatable bonds is 6. The first kappa shape index (κ1) is 22.2. The van der Waals surface area contributed by atoms with Crippen molar-refractivity contribution in [3.05, 3.63) is 64.7 Å². The number of hydrogen-bond acceptors (Lipinski definition) is 3. The van der Waals surface area contributed by atoms with Gasteiger partial charge in [-0.25, -0.2) is 17.2 Å². The van der Waals surface area contributed by atoms with Gasteiger partial charge in [-0.15, -0.1) is 0 Å². The molecule has 2 aliphatic rings. The molecule has 1 aliphatic heterocycles. The summed E-state index contributed by atoms with van der Waals surface area (Å²) in [6.45, 7) is 0.295. The summed E-state index contributed by atoms with van der Waals surface area (Å²) in [6.07, 6.45) is 2.84. The third-order valence-electron chi connectivity index (χ3n) is 5.97. The van der Waals surface area contributed by atoms with E-state index in [1.54, 1.807) is 12.1 Å². The monoisotopic (exact) mass is 468 g/mol. The molecule has 1 saturated heterocycles. The Morgan fingerprint density at radius 3 is 2.23 bits per heavy atom. The van der Waals surface area contributed by atoms with Crippen LogP contribution >= 0.6 is 11.6 Å². The number of carbonyl (C=O) groups excluding carboxylic acids is 1. The Labute approximate surface area is 185 Å². The molecule has 0 radical (unpaired) electrons. The molecule has 2 fully saturated rings. The summed E-state index contributed by atoms with van der Waals surface area (Å²) >= 11 is 5.97. The maximum absolute atomic E-state index is 13.5. The number of benzene rings is 2. The molecule has 1 N–H and O–H groups in total. The first-order valence-corrected chi connectivity index (χ1v) is 12.1. The Morgan fingerprint density at radius 1 is 1.00 bits per heavy atom. The lowest BCUT2D eigenvalue weighted by molar-refractivity contribution is -0.127. The zero-order chi connectivity index (χ0) is 22.2. The predicted octanol–water partition coefficient (Wildman–Crippen LogP) is 4.29. The quantitative estimate of drug-likeness (QED) is 0.687. The Balaban J connectivity index is 1.39. The van der Waals surface area contributed by atoms with Gasteiger partial charge >= 0.3 is 0 Å². The average Bonchev–Trinajstić information content (AvgIpc) is 3.60. The van der Waals surface area contributed by atoms with Crippen LogP contribution in [0.5, 0.6) is 0 Å². The van der Waals surface area contributed by atoms with E-state index in [1.807, 2.05) is 12.1 Å². The number of carbonyl (C=O) groups is 1. The lowest BCUT2D eigenvalue weighted by Gasteiger charge is -2.31. The minimum Gasteiger partial charge on any atom is -0.349 e. The highest BCUT2D eigenvalue weighted by Gasteiger charge is 2.37. The van der Waals surface area contributed by atoms with Crippen molar-refractivity contribution in [2.75, 3.05) is 13.1 Å². The normalized spacial score (nSPS) is 19.2. The number of hydrogen-bond donors (Lipinski definition) is 1. The van der Waals surface area contributed by atoms with E-state index in [0.717, 1.165) is 30.5 Å². The van der Waals surface area contributed by atoms with Gasteiger partial charge in [-0.2, -0.15) is 4.31 Å². The van der Waals surface area contributed by atoms with Crippen molar-refractivity contribution in [2.45, 2.75) is 36.6 Å². The largest absolute Gasteiger partial charge is 0.349 e. The first-order chi connectivity index (χ1) is 14.8. The molecule has 9 heteroatoms. The standard InChI is InChI=1S/C22H23ClF2N2O3S/c23-17-5-3-15(4-6-17)21(14-1-2-14)26-22(28)16-9-11-27(12-10-16)31(29,30)18-7-8-19(24)20(25)13-18/h3-8,13-14,16,21H,1-2,9-12H2,(H,26,28)/t21-/m0/s1. The molecule has 31 heavy (non-hydrogen) atoms. The fraction of sp³-hybridized carbons (Fsp3) is 0.409. The summed E-state index contributed by atoms with van der Waals surface area (Å²) in [5, 5.41) is 3.78.